The van der Waals surface area contributed by atoms with Crippen LogP contribution in [0.1, 0.15) is 35.6 Å². The molecule has 0 saturated carbocycles. The van der Waals surface area contributed by atoms with Crippen LogP contribution in [0.5, 0.6) is 5.75 Å². The molecule has 2 rings (SSSR count). The average Bonchev–Trinajstić information content (AvgIpc) is 2.50. The van der Waals surface area contributed by atoms with Crippen molar-refractivity contribution >= 4 is 5.97 Å². The lowest BCUT2D eigenvalue weighted by Crippen LogP contribution is -2.27. The highest BCUT2D eigenvalue weighted by Gasteiger charge is 2.30. The van der Waals surface area contributed by atoms with Crippen molar-refractivity contribution in [2.24, 2.45) is 11.8 Å². The van der Waals surface area contributed by atoms with Crippen molar-refractivity contribution in [2.75, 3.05) is 27.2 Å². The molecule has 0 heterocycles. The van der Waals surface area contributed by atoms with Crippen molar-refractivity contribution in [1.29, 1.82) is 0 Å². The average molecular weight is 319 g/mol. The summed E-state index contributed by atoms with van der Waals surface area (Å²) in [5.41, 5.74) is 5.17. The van der Waals surface area contributed by atoms with Crippen molar-refractivity contribution < 1.29 is 14.6 Å². The van der Waals surface area contributed by atoms with Crippen LogP contribution in [0.4, 0.5) is 0 Å². The summed E-state index contributed by atoms with van der Waals surface area (Å²) in [6.45, 7) is 7.63. The van der Waals surface area contributed by atoms with Gasteiger partial charge in [0.2, 0.25) is 0 Å². The number of rotatable bonds is 6. The quantitative estimate of drug-likeness (QED) is 0.875. The van der Waals surface area contributed by atoms with Gasteiger partial charge in [-0.1, -0.05) is 6.92 Å². The number of aryl methyl sites for hydroxylation is 1. The number of ether oxygens (including phenoxy) is 1. The Morgan fingerprint density at radius 2 is 2.09 bits per heavy atom. The first-order valence-corrected chi connectivity index (χ1v) is 8.43. The molecule has 1 aliphatic carbocycles. The minimum atomic E-state index is -0.689. The number of hydrogen-bond donors (Lipinski definition) is 1. The van der Waals surface area contributed by atoms with Gasteiger partial charge in [0.15, 0.2) is 0 Å². The van der Waals surface area contributed by atoms with Crippen LogP contribution in [-0.4, -0.2) is 43.2 Å². The largest absolute Gasteiger partial charge is 0.492 e. The highest BCUT2D eigenvalue weighted by Crippen LogP contribution is 2.37. The highest BCUT2D eigenvalue weighted by atomic mass is 16.5. The minimum Gasteiger partial charge on any atom is -0.492 e. The SMILES string of the molecule is Cc1cc(OCCN(C)C)c(C)c2c1CCC(C(C)C(=O)O)C2. The molecule has 0 bridgehead atoms. The Balaban J connectivity index is 2.23. The predicted molar refractivity (Wildman–Crippen MR) is 92.3 cm³/mol. The van der Waals surface area contributed by atoms with Crippen LogP contribution in [0, 0.1) is 25.7 Å². The van der Waals surface area contributed by atoms with Gasteiger partial charge in [0.25, 0.3) is 0 Å². The standard InChI is InChI=1S/C19H29NO3/c1-12-10-18(23-9-8-20(4)5)14(3)17-11-15(6-7-16(12)17)13(2)19(21)22/h10,13,15H,6-9,11H2,1-5H3,(H,21,22). The lowest BCUT2D eigenvalue weighted by molar-refractivity contribution is -0.143. The van der Waals surface area contributed by atoms with Gasteiger partial charge in [-0.25, -0.2) is 0 Å². The van der Waals surface area contributed by atoms with E-state index < -0.39 is 5.97 Å². The maximum atomic E-state index is 11.3. The predicted octanol–water partition coefficient (Wildman–Crippen LogP) is 3.07. The topological polar surface area (TPSA) is 49.8 Å². The molecular formula is C19H29NO3. The third-order valence-corrected chi connectivity index (χ3v) is 5.13. The second-order valence-corrected chi connectivity index (χ2v) is 7.06. The fourth-order valence-corrected chi connectivity index (χ4v) is 3.44. The number of nitrogens with zero attached hydrogens (tertiary/aromatic N) is 1. The Morgan fingerprint density at radius 1 is 1.39 bits per heavy atom. The Kier molecular flexibility index (Phi) is 5.69. The molecule has 0 saturated heterocycles. The molecule has 4 heteroatoms. The van der Waals surface area contributed by atoms with Crippen molar-refractivity contribution in [3.8, 4) is 5.75 Å². The third kappa shape index (κ3) is 4.05. The second-order valence-electron chi connectivity index (χ2n) is 7.06. The molecule has 1 aliphatic rings. The monoisotopic (exact) mass is 319 g/mol. The van der Waals surface area contributed by atoms with Crippen LogP contribution in [0.2, 0.25) is 0 Å². The molecule has 1 aromatic carbocycles. The Labute approximate surface area is 139 Å². The zero-order chi connectivity index (χ0) is 17.1. The van der Waals surface area contributed by atoms with Crippen LogP contribution < -0.4 is 4.74 Å². The van der Waals surface area contributed by atoms with Crippen molar-refractivity contribution in [3.05, 3.63) is 28.3 Å². The summed E-state index contributed by atoms with van der Waals surface area (Å²) in [6.07, 6.45) is 2.78. The molecule has 0 amide bonds. The summed E-state index contributed by atoms with van der Waals surface area (Å²) in [5, 5.41) is 9.30. The fourth-order valence-electron chi connectivity index (χ4n) is 3.44. The molecule has 0 aliphatic heterocycles. The van der Waals surface area contributed by atoms with Gasteiger partial charge in [-0.15, -0.1) is 0 Å². The van der Waals surface area contributed by atoms with E-state index in [0.717, 1.165) is 31.6 Å². The van der Waals surface area contributed by atoms with E-state index in [4.69, 9.17) is 4.74 Å². The molecule has 0 radical (unpaired) electrons. The number of carboxylic acid groups (broad SMARTS) is 1. The lowest BCUT2D eigenvalue weighted by atomic mass is 9.75. The molecule has 4 nitrogen and oxygen atoms in total. The van der Waals surface area contributed by atoms with Crippen molar-refractivity contribution in [2.45, 2.75) is 40.0 Å². The van der Waals surface area contributed by atoms with Gasteiger partial charge in [-0.2, -0.15) is 0 Å². The summed E-state index contributed by atoms with van der Waals surface area (Å²) in [4.78, 5) is 13.4. The Morgan fingerprint density at radius 3 is 2.70 bits per heavy atom. The van der Waals surface area contributed by atoms with E-state index in [1.165, 1.54) is 22.3 Å². The molecule has 2 unspecified atom stereocenters. The maximum absolute atomic E-state index is 11.3. The lowest BCUT2D eigenvalue weighted by Gasteiger charge is -2.30. The third-order valence-electron chi connectivity index (χ3n) is 5.13. The number of hydrogen-bond acceptors (Lipinski definition) is 3. The summed E-state index contributed by atoms with van der Waals surface area (Å²) >= 11 is 0. The molecule has 1 N–H and O–H groups in total. The molecule has 128 valence electrons. The van der Waals surface area contributed by atoms with E-state index in [0.29, 0.717) is 6.61 Å². The molecule has 0 spiro atoms. The van der Waals surface area contributed by atoms with E-state index in [2.05, 4.69) is 24.8 Å². The van der Waals surface area contributed by atoms with Crippen LogP contribution >= 0.6 is 0 Å². The van der Waals surface area contributed by atoms with E-state index in [1.807, 2.05) is 21.0 Å². The van der Waals surface area contributed by atoms with Crippen LogP contribution in [-0.2, 0) is 17.6 Å². The first-order chi connectivity index (χ1) is 10.8. The number of benzene rings is 1. The molecule has 0 aromatic heterocycles. The van der Waals surface area contributed by atoms with Gasteiger partial charge in [0, 0.05) is 6.54 Å². The van der Waals surface area contributed by atoms with Crippen molar-refractivity contribution in [1.82, 2.24) is 4.90 Å². The van der Waals surface area contributed by atoms with Gasteiger partial charge in [-0.05, 0) is 81.4 Å². The smallest absolute Gasteiger partial charge is 0.306 e. The number of likely N-dealkylation sites (N-methyl/N-ethyl adjacent to an activating group) is 1. The summed E-state index contributed by atoms with van der Waals surface area (Å²) in [6, 6.07) is 2.14. The highest BCUT2D eigenvalue weighted by molar-refractivity contribution is 5.70. The van der Waals surface area contributed by atoms with E-state index in [-0.39, 0.29) is 11.8 Å². The number of carbonyl (C=O) groups is 1. The van der Waals surface area contributed by atoms with Crippen LogP contribution in [0.15, 0.2) is 6.07 Å². The molecule has 23 heavy (non-hydrogen) atoms. The van der Waals surface area contributed by atoms with E-state index in [9.17, 15) is 9.90 Å². The fraction of sp³-hybridized carbons (Fsp3) is 0.632. The summed E-state index contributed by atoms with van der Waals surface area (Å²) in [5.74, 6) is 0.189. The van der Waals surface area contributed by atoms with Crippen molar-refractivity contribution in [3.63, 3.8) is 0 Å². The molecule has 1 aromatic rings. The van der Waals surface area contributed by atoms with Gasteiger partial charge in [-0.3, -0.25) is 4.79 Å². The second kappa shape index (κ2) is 7.35. The van der Waals surface area contributed by atoms with Gasteiger partial charge < -0.3 is 14.7 Å². The Hall–Kier alpha value is -1.55. The maximum Gasteiger partial charge on any atom is 0.306 e. The van der Waals surface area contributed by atoms with Gasteiger partial charge in [0.05, 0.1) is 5.92 Å². The van der Waals surface area contributed by atoms with Crippen LogP contribution in [0.3, 0.4) is 0 Å². The normalized spacial score (nSPS) is 18.6. The molecule has 2 atom stereocenters. The number of carboxylic acids is 1. The summed E-state index contributed by atoms with van der Waals surface area (Å²) in [7, 11) is 4.07. The van der Waals surface area contributed by atoms with Crippen LogP contribution in [0.25, 0.3) is 0 Å². The summed E-state index contributed by atoms with van der Waals surface area (Å²) < 4.78 is 5.98. The number of fused-ring (bicyclic) bond motifs is 1. The zero-order valence-electron chi connectivity index (χ0n) is 15.0. The molecule has 0 fully saturated rings. The minimum absolute atomic E-state index is 0.218. The first kappa shape index (κ1) is 17.8. The first-order valence-electron chi connectivity index (χ1n) is 8.43. The zero-order valence-corrected chi connectivity index (χ0v) is 15.0. The van der Waals surface area contributed by atoms with E-state index in [1.54, 1.807) is 0 Å². The van der Waals surface area contributed by atoms with Gasteiger partial charge in [0.1, 0.15) is 12.4 Å². The van der Waals surface area contributed by atoms with E-state index >= 15 is 0 Å². The van der Waals surface area contributed by atoms with Gasteiger partial charge >= 0.3 is 5.97 Å². The molecular weight excluding hydrogens is 290 g/mol. The Bertz CT molecular complexity index is 580. The number of aliphatic carboxylic acids is 1.